The van der Waals surface area contributed by atoms with Gasteiger partial charge in [0.1, 0.15) is 0 Å². The van der Waals surface area contributed by atoms with Crippen LogP contribution in [-0.4, -0.2) is 23.4 Å². The number of hydrogen-bond donors (Lipinski definition) is 1. The number of aromatic hydroxyl groups is 1. The number of benzene rings is 1. The van der Waals surface area contributed by atoms with Crippen LogP contribution in [0.25, 0.3) is 0 Å². The highest BCUT2D eigenvalue weighted by Gasteiger charge is 2.00. The SMILES string of the molecule is COc1cc(/C=N/c2nccs2)ccc1O. The molecule has 0 unspecified atom stereocenters. The van der Waals surface area contributed by atoms with E-state index in [1.54, 1.807) is 30.6 Å². The Morgan fingerprint density at radius 1 is 1.50 bits per heavy atom. The minimum Gasteiger partial charge on any atom is -0.504 e. The second kappa shape index (κ2) is 4.76. The number of rotatable bonds is 3. The molecule has 0 aliphatic rings. The van der Waals surface area contributed by atoms with E-state index in [-0.39, 0.29) is 5.75 Å². The van der Waals surface area contributed by atoms with Crippen LogP contribution in [0.3, 0.4) is 0 Å². The summed E-state index contributed by atoms with van der Waals surface area (Å²) in [7, 11) is 1.51. The predicted octanol–water partition coefficient (Wildman–Crippen LogP) is 2.61. The molecule has 1 aromatic heterocycles. The van der Waals surface area contributed by atoms with E-state index in [9.17, 15) is 5.11 Å². The maximum atomic E-state index is 9.41. The Morgan fingerprint density at radius 3 is 3.06 bits per heavy atom. The van der Waals surface area contributed by atoms with E-state index in [0.717, 1.165) is 5.56 Å². The van der Waals surface area contributed by atoms with Gasteiger partial charge in [-0.25, -0.2) is 9.98 Å². The third-order valence-corrected chi connectivity index (χ3v) is 2.63. The Balaban J connectivity index is 2.22. The van der Waals surface area contributed by atoms with Crippen molar-refractivity contribution < 1.29 is 9.84 Å². The van der Waals surface area contributed by atoms with E-state index < -0.39 is 0 Å². The van der Waals surface area contributed by atoms with Crippen LogP contribution in [0.2, 0.25) is 0 Å². The van der Waals surface area contributed by atoms with Crippen molar-refractivity contribution in [2.45, 2.75) is 0 Å². The molecule has 16 heavy (non-hydrogen) atoms. The zero-order chi connectivity index (χ0) is 11.4. The molecule has 0 aliphatic heterocycles. The first-order valence-electron chi connectivity index (χ1n) is 4.60. The van der Waals surface area contributed by atoms with Gasteiger partial charge in [0.25, 0.3) is 0 Å². The van der Waals surface area contributed by atoms with E-state index in [0.29, 0.717) is 10.9 Å². The number of phenols is 1. The zero-order valence-corrected chi connectivity index (χ0v) is 9.44. The largest absolute Gasteiger partial charge is 0.504 e. The highest BCUT2D eigenvalue weighted by Crippen LogP contribution is 2.25. The lowest BCUT2D eigenvalue weighted by atomic mass is 10.2. The molecule has 0 saturated heterocycles. The first-order valence-corrected chi connectivity index (χ1v) is 5.48. The molecule has 1 aromatic carbocycles. The molecular weight excluding hydrogens is 224 g/mol. The van der Waals surface area contributed by atoms with Gasteiger partial charge in [-0.3, -0.25) is 0 Å². The van der Waals surface area contributed by atoms with Crippen LogP contribution < -0.4 is 4.74 Å². The summed E-state index contributed by atoms with van der Waals surface area (Å²) in [4.78, 5) is 8.22. The molecule has 5 heteroatoms. The summed E-state index contributed by atoms with van der Waals surface area (Å²) in [6.45, 7) is 0. The predicted molar refractivity (Wildman–Crippen MR) is 64.0 cm³/mol. The van der Waals surface area contributed by atoms with Crippen LogP contribution in [0, 0.1) is 0 Å². The molecule has 2 rings (SSSR count). The number of nitrogens with zero attached hydrogens (tertiary/aromatic N) is 2. The van der Waals surface area contributed by atoms with Crippen molar-refractivity contribution in [3.8, 4) is 11.5 Å². The van der Waals surface area contributed by atoms with E-state index >= 15 is 0 Å². The summed E-state index contributed by atoms with van der Waals surface area (Å²) < 4.78 is 5.00. The van der Waals surface area contributed by atoms with Gasteiger partial charge in [0, 0.05) is 17.8 Å². The lowest BCUT2D eigenvalue weighted by Gasteiger charge is -2.02. The molecule has 0 fully saturated rings. The highest BCUT2D eigenvalue weighted by molar-refractivity contribution is 7.13. The van der Waals surface area contributed by atoms with Crippen molar-refractivity contribution in [1.29, 1.82) is 0 Å². The molecule has 1 N–H and O–H groups in total. The summed E-state index contributed by atoms with van der Waals surface area (Å²) in [5.41, 5.74) is 0.852. The molecule has 0 atom stereocenters. The molecular formula is C11H10N2O2S. The molecule has 0 bridgehead atoms. The number of phenolic OH excluding ortho intramolecular Hbond substituents is 1. The van der Waals surface area contributed by atoms with Crippen LogP contribution in [0.5, 0.6) is 11.5 Å². The van der Waals surface area contributed by atoms with Crippen LogP contribution in [-0.2, 0) is 0 Å². The van der Waals surface area contributed by atoms with Crippen LogP contribution in [0.15, 0.2) is 34.8 Å². The number of aromatic nitrogens is 1. The Labute approximate surface area is 96.9 Å². The topological polar surface area (TPSA) is 54.7 Å². The smallest absolute Gasteiger partial charge is 0.208 e. The standard InChI is InChI=1S/C11H10N2O2S/c1-15-10-6-8(2-3-9(10)14)7-13-11-12-4-5-16-11/h2-7,14H,1H3/b13-7+. The lowest BCUT2D eigenvalue weighted by Crippen LogP contribution is -1.86. The van der Waals surface area contributed by atoms with Gasteiger partial charge >= 0.3 is 0 Å². The molecule has 4 nitrogen and oxygen atoms in total. The third-order valence-electron chi connectivity index (χ3n) is 1.95. The van der Waals surface area contributed by atoms with Crippen LogP contribution >= 0.6 is 11.3 Å². The molecule has 82 valence electrons. The third kappa shape index (κ3) is 2.38. The Morgan fingerprint density at radius 2 is 2.38 bits per heavy atom. The van der Waals surface area contributed by atoms with Crippen LogP contribution in [0.4, 0.5) is 5.13 Å². The van der Waals surface area contributed by atoms with E-state index in [1.165, 1.54) is 18.4 Å². The first-order chi connectivity index (χ1) is 7.79. The fraction of sp³-hybridized carbons (Fsp3) is 0.0909. The zero-order valence-electron chi connectivity index (χ0n) is 8.62. The average Bonchev–Trinajstić information content (AvgIpc) is 2.81. The summed E-state index contributed by atoms with van der Waals surface area (Å²) in [5, 5.41) is 12.0. The second-order valence-corrected chi connectivity index (χ2v) is 3.88. The van der Waals surface area contributed by atoms with E-state index in [2.05, 4.69) is 9.98 Å². The van der Waals surface area contributed by atoms with Gasteiger partial charge < -0.3 is 9.84 Å². The van der Waals surface area contributed by atoms with Gasteiger partial charge in [-0.2, -0.15) is 0 Å². The summed E-state index contributed by atoms with van der Waals surface area (Å²) in [6, 6.07) is 5.05. The number of ether oxygens (including phenoxy) is 1. The maximum absolute atomic E-state index is 9.41. The molecule has 0 amide bonds. The van der Waals surface area contributed by atoms with Gasteiger partial charge in [0.15, 0.2) is 11.5 Å². The minimum absolute atomic E-state index is 0.119. The van der Waals surface area contributed by atoms with Crippen molar-refractivity contribution in [2.24, 2.45) is 4.99 Å². The second-order valence-electron chi connectivity index (χ2n) is 3.00. The van der Waals surface area contributed by atoms with E-state index in [4.69, 9.17) is 4.74 Å². The Kier molecular flexibility index (Phi) is 3.16. The summed E-state index contributed by atoms with van der Waals surface area (Å²) in [6.07, 6.45) is 3.38. The number of aliphatic imine (C=N–C) groups is 1. The van der Waals surface area contributed by atoms with Crippen molar-refractivity contribution in [3.63, 3.8) is 0 Å². The lowest BCUT2D eigenvalue weighted by molar-refractivity contribution is 0.373. The van der Waals surface area contributed by atoms with Crippen molar-refractivity contribution in [2.75, 3.05) is 7.11 Å². The fourth-order valence-electron chi connectivity index (χ4n) is 1.18. The quantitative estimate of drug-likeness (QED) is 0.830. The Hall–Kier alpha value is -1.88. The van der Waals surface area contributed by atoms with Crippen molar-refractivity contribution in [3.05, 3.63) is 35.3 Å². The normalized spacial score (nSPS) is 10.8. The van der Waals surface area contributed by atoms with Crippen molar-refractivity contribution in [1.82, 2.24) is 4.98 Å². The summed E-state index contributed by atoms with van der Waals surface area (Å²) >= 11 is 1.47. The molecule has 0 aliphatic carbocycles. The monoisotopic (exact) mass is 234 g/mol. The van der Waals surface area contributed by atoms with Gasteiger partial charge in [-0.1, -0.05) is 0 Å². The molecule has 2 aromatic rings. The fourth-order valence-corrected chi connectivity index (χ4v) is 1.66. The van der Waals surface area contributed by atoms with Gasteiger partial charge in [0.2, 0.25) is 5.13 Å². The number of methoxy groups -OCH3 is 1. The highest BCUT2D eigenvalue weighted by atomic mass is 32.1. The van der Waals surface area contributed by atoms with Gasteiger partial charge in [-0.05, 0) is 23.8 Å². The number of thiazole rings is 1. The van der Waals surface area contributed by atoms with E-state index in [1.807, 2.05) is 5.38 Å². The summed E-state index contributed by atoms with van der Waals surface area (Å²) in [5.74, 6) is 0.553. The number of hydrogen-bond acceptors (Lipinski definition) is 5. The van der Waals surface area contributed by atoms with Gasteiger partial charge in [-0.15, -0.1) is 11.3 Å². The minimum atomic E-state index is 0.119. The van der Waals surface area contributed by atoms with Gasteiger partial charge in [0.05, 0.1) is 7.11 Å². The molecule has 0 spiro atoms. The molecule has 0 saturated carbocycles. The average molecular weight is 234 g/mol. The van der Waals surface area contributed by atoms with Crippen LogP contribution in [0.1, 0.15) is 5.56 Å². The Bertz CT molecular complexity index is 495. The first kappa shape index (κ1) is 10.6. The molecule has 0 radical (unpaired) electrons. The maximum Gasteiger partial charge on any atom is 0.208 e. The van der Waals surface area contributed by atoms with Crippen molar-refractivity contribution >= 4 is 22.7 Å². The molecule has 1 heterocycles.